The molecule has 4 heteroatoms. The number of carbonyl (C=O) groups is 1. The lowest BCUT2D eigenvalue weighted by Crippen LogP contribution is -2.20. The lowest BCUT2D eigenvalue weighted by atomic mass is 10.1. The van der Waals surface area contributed by atoms with Crippen LogP contribution in [-0.2, 0) is 0 Å². The molecular formula is C14H12NO2S+. The maximum Gasteiger partial charge on any atom is 0.394 e. The van der Waals surface area contributed by atoms with Crippen molar-refractivity contribution in [1.29, 1.82) is 0 Å². The molecule has 0 fully saturated rings. The van der Waals surface area contributed by atoms with Crippen LogP contribution in [0.1, 0.15) is 22.2 Å². The highest BCUT2D eigenvalue weighted by molar-refractivity contribution is 7.19. The Morgan fingerprint density at radius 3 is 2.78 bits per heavy atom. The third-order valence-corrected chi connectivity index (χ3v) is 4.26. The van der Waals surface area contributed by atoms with E-state index >= 15 is 0 Å². The summed E-state index contributed by atoms with van der Waals surface area (Å²) in [6.07, 6.45) is 0. The Kier molecular flexibility index (Phi) is 2.35. The van der Waals surface area contributed by atoms with Crippen LogP contribution in [0.2, 0.25) is 0 Å². The predicted molar refractivity (Wildman–Crippen MR) is 71.4 cm³/mol. The number of benzene rings is 1. The molecule has 2 heterocycles. The Balaban J connectivity index is 2.57. The Bertz CT molecular complexity index is 789. The number of aryl methyl sites for hydroxylation is 1. The van der Waals surface area contributed by atoms with Gasteiger partial charge in [-0.3, -0.25) is 4.79 Å². The van der Waals surface area contributed by atoms with Gasteiger partial charge >= 0.3 is 5.88 Å². The summed E-state index contributed by atoms with van der Waals surface area (Å²) < 4.78 is 1.74. The van der Waals surface area contributed by atoms with E-state index < -0.39 is 0 Å². The SMILES string of the molecule is CC(=O)c1sc2cc(C)c3ccccc3[n+]2c1O. The molecule has 0 spiro atoms. The molecule has 1 aromatic carbocycles. The largest absolute Gasteiger partial charge is 0.458 e. The lowest BCUT2D eigenvalue weighted by Gasteiger charge is -1.97. The van der Waals surface area contributed by atoms with Gasteiger partial charge in [0.2, 0.25) is 5.52 Å². The molecular weight excluding hydrogens is 246 g/mol. The first-order chi connectivity index (χ1) is 8.59. The van der Waals surface area contributed by atoms with Crippen LogP contribution >= 0.6 is 11.3 Å². The molecule has 3 rings (SSSR count). The summed E-state index contributed by atoms with van der Waals surface area (Å²) in [5.74, 6) is -0.0679. The maximum atomic E-state index is 11.5. The van der Waals surface area contributed by atoms with Crippen LogP contribution in [0.5, 0.6) is 5.88 Å². The van der Waals surface area contributed by atoms with Gasteiger partial charge in [0, 0.05) is 24.4 Å². The molecule has 3 nitrogen and oxygen atoms in total. The van der Waals surface area contributed by atoms with Crippen molar-refractivity contribution in [3.63, 3.8) is 0 Å². The second-order valence-electron chi connectivity index (χ2n) is 4.33. The zero-order chi connectivity index (χ0) is 12.9. The summed E-state index contributed by atoms with van der Waals surface area (Å²) in [5.41, 5.74) is 2.07. The van der Waals surface area contributed by atoms with Crippen molar-refractivity contribution in [2.75, 3.05) is 0 Å². The molecule has 0 unspecified atom stereocenters. The normalized spacial score (nSPS) is 11.2. The number of fused-ring (bicyclic) bond motifs is 3. The summed E-state index contributed by atoms with van der Waals surface area (Å²) >= 11 is 1.32. The molecule has 0 aliphatic heterocycles. The molecule has 1 N–H and O–H groups in total. The number of hydrogen-bond donors (Lipinski definition) is 1. The lowest BCUT2D eigenvalue weighted by molar-refractivity contribution is -0.489. The monoisotopic (exact) mass is 258 g/mol. The van der Waals surface area contributed by atoms with Crippen LogP contribution in [0.4, 0.5) is 0 Å². The Hall–Kier alpha value is -1.94. The zero-order valence-electron chi connectivity index (χ0n) is 10.1. The standard InChI is InChI=1S/C14H11NO2S/c1-8-7-12-15(11-6-4-3-5-10(8)11)14(17)13(18-12)9(2)16/h3-7H,1-2H3/p+1. The molecule has 0 atom stereocenters. The Morgan fingerprint density at radius 2 is 2.06 bits per heavy atom. The minimum absolute atomic E-state index is 0.0405. The van der Waals surface area contributed by atoms with Crippen LogP contribution in [-0.4, -0.2) is 10.9 Å². The molecule has 0 saturated carbocycles. The number of hydrogen-bond acceptors (Lipinski definition) is 3. The van der Waals surface area contributed by atoms with E-state index in [1.165, 1.54) is 18.3 Å². The molecule has 90 valence electrons. The third kappa shape index (κ3) is 1.42. The zero-order valence-corrected chi connectivity index (χ0v) is 10.9. The van der Waals surface area contributed by atoms with Gasteiger partial charge in [0.05, 0.1) is 0 Å². The molecule has 2 aromatic heterocycles. The summed E-state index contributed by atoms with van der Waals surface area (Å²) in [4.78, 5) is 12.8. The van der Waals surface area contributed by atoms with Gasteiger partial charge in [-0.25, -0.2) is 0 Å². The quantitative estimate of drug-likeness (QED) is 0.538. The minimum atomic E-state index is -0.108. The van der Waals surface area contributed by atoms with Gasteiger partial charge in [0.25, 0.3) is 4.83 Å². The molecule has 0 bridgehead atoms. The second kappa shape index (κ2) is 3.78. The molecule has 3 aromatic rings. The van der Waals surface area contributed by atoms with Crippen molar-refractivity contribution in [3.05, 3.63) is 40.8 Å². The highest BCUT2D eigenvalue weighted by Crippen LogP contribution is 2.28. The predicted octanol–water partition coefficient (Wildman–Crippen LogP) is 2.86. The fraction of sp³-hybridized carbons (Fsp3) is 0.143. The number of carbonyl (C=O) groups excluding carboxylic acids is 1. The number of nitrogens with zero attached hydrogens (tertiary/aromatic N) is 1. The topological polar surface area (TPSA) is 41.4 Å². The Labute approximate surface area is 108 Å². The van der Waals surface area contributed by atoms with E-state index in [1.54, 1.807) is 4.40 Å². The van der Waals surface area contributed by atoms with Crippen molar-refractivity contribution in [1.82, 2.24) is 0 Å². The number of aromatic hydroxyl groups is 1. The second-order valence-corrected chi connectivity index (χ2v) is 5.36. The first-order valence-corrected chi connectivity index (χ1v) is 6.48. The first kappa shape index (κ1) is 11.2. The number of pyridine rings is 1. The third-order valence-electron chi connectivity index (χ3n) is 3.07. The van der Waals surface area contributed by atoms with E-state index in [0.29, 0.717) is 4.88 Å². The van der Waals surface area contributed by atoms with E-state index in [2.05, 4.69) is 0 Å². The fourth-order valence-corrected chi connectivity index (χ4v) is 3.27. The first-order valence-electron chi connectivity index (χ1n) is 5.66. The van der Waals surface area contributed by atoms with E-state index in [9.17, 15) is 9.90 Å². The molecule has 0 amide bonds. The van der Waals surface area contributed by atoms with Gasteiger partial charge in [-0.2, -0.15) is 0 Å². The van der Waals surface area contributed by atoms with Crippen molar-refractivity contribution >= 4 is 32.9 Å². The van der Waals surface area contributed by atoms with Crippen LogP contribution in [0, 0.1) is 6.92 Å². The number of thiazole rings is 1. The average Bonchev–Trinajstić information content (AvgIpc) is 2.67. The summed E-state index contributed by atoms with van der Waals surface area (Å²) in [6.45, 7) is 3.51. The van der Waals surface area contributed by atoms with E-state index in [1.807, 2.05) is 37.3 Å². The molecule has 0 saturated heterocycles. The highest BCUT2D eigenvalue weighted by atomic mass is 32.1. The van der Waals surface area contributed by atoms with Crippen molar-refractivity contribution < 1.29 is 14.3 Å². The van der Waals surface area contributed by atoms with Crippen molar-refractivity contribution in [2.24, 2.45) is 0 Å². The Morgan fingerprint density at radius 1 is 1.33 bits per heavy atom. The van der Waals surface area contributed by atoms with E-state index in [-0.39, 0.29) is 11.7 Å². The summed E-state index contributed by atoms with van der Waals surface area (Å²) in [7, 11) is 0. The van der Waals surface area contributed by atoms with E-state index in [4.69, 9.17) is 0 Å². The number of aromatic nitrogens is 1. The van der Waals surface area contributed by atoms with Gasteiger partial charge in [0.15, 0.2) is 10.7 Å². The van der Waals surface area contributed by atoms with Crippen LogP contribution < -0.4 is 4.40 Å². The summed E-state index contributed by atoms with van der Waals surface area (Å²) in [6, 6.07) is 9.86. The fourth-order valence-electron chi connectivity index (χ4n) is 2.22. The molecule has 18 heavy (non-hydrogen) atoms. The highest BCUT2D eigenvalue weighted by Gasteiger charge is 2.26. The van der Waals surface area contributed by atoms with Crippen molar-refractivity contribution in [2.45, 2.75) is 13.8 Å². The number of para-hydroxylation sites is 1. The maximum absolute atomic E-state index is 11.5. The van der Waals surface area contributed by atoms with Gasteiger partial charge < -0.3 is 5.11 Å². The molecule has 0 radical (unpaired) electrons. The average molecular weight is 258 g/mol. The molecule has 0 aliphatic rings. The van der Waals surface area contributed by atoms with Crippen LogP contribution in [0.3, 0.4) is 0 Å². The minimum Gasteiger partial charge on any atom is -0.458 e. The van der Waals surface area contributed by atoms with E-state index in [0.717, 1.165) is 21.3 Å². The van der Waals surface area contributed by atoms with Gasteiger partial charge in [0.1, 0.15) is 0 Å². The molecule has 0 aliphatic carbocycles. The van der Waals surface area contributed by atoms with Crippen LogP contribution in [0.15, 0.2) is 30.3 Å². The van der Waals surface area contributed by atoms with Gasteiger partial charge in [-0.15, -0.1) is 4.40 Å². The number of ketones is 1. The number of Topliss-reactive ketones (excluding diaryl/α,β-unsaturated/α-hetero) is 1. The number of rotatable bonds is 1. The smallest absolute Gasteiger partial charge is 0.394 e. The van der Waals surface area contributed by atoms with Gasteiger partial charge in [-0.1, -0.05) is 23.5 Å². The van der Waals surface area contributed by atoms with Crippen molar-refractivity contribution in [3.8, 4) is 5.88 Å². The van der Waals surface area contributed by atoms with Crippen LogP contribution in [0.25, 0.3) is 15.7 Å². The summed E-state index contributed by atoms with van der Waals surface area (Å²) in [5, 5.41) is 11.3. The van der Waals surface area contributed by atoms with Gasteiger partial charge in [-0.05, 0) is 18.6 Å².